The number of nitrogens with zero attached hydrogens (tertiary/aromatic N) is 4. The number of hydrogen-bond acceptors (Lipinski definition) is 5. The van der Waals surface area contributed by atoms with E-state index in [-0.39, 0.29) is 5.41 Å². The van der Waals surface area contributed by atoms with Crippen LogP contribution in [0.15, 0.2) is 0 Å². The summed E-state index contributed by atoms with van der Waals surface area (Å²) in [5.74, 6) is 1.79. The average molecular weight is 266 g/mol. The van der Waals surface area contributed by atoms with Crippen molar-refractivity contribution in [2.45, 2.75) is 26.2 Å². The third kappa shape index (κ3) is 3.67. The topological polar surface area (TPSA) is 74.1 Å². The van der Waals surface area contributed by atoms with Gasteiger partial charge < -0.3 is 15.5 Å². The van der Waals surface area contributed by atoms with Crippen molar-refractivity contribution in [2.75, 3.05) is 45.2 Å². The molecule has 0 aromatic carbocycles. The van der Waals surface area contributed by atoms with E-state index in [1.54, 1.807) is 0 Å². The van der Waals surface area contributed by atoms with Gasteiger partial charge in [0.05, 0.1) is 0 Å². The van der Waals surface area contributed by atoms with E-state index in [0.717, 1.165) is 50.8 Å². The van der Waals surface area contributed by atoms with Gasteiger partial charge in [0.15, 0.2) is 0 Å². The highest BCUT2D eigenvalue weighted by Crippen LogP contribution is 2.29. The van der Waals surface area contributed by atoms with E-state index in [0.29, 0.717) is 0 Å². The zero-order valence-electron chi connectivity index (χ0n) is 12.3. The van der Waals surface area contributed by atoms with Crippen LogP contribution in [0.4, 0.5) is 5.95 Å². The lowest BCUT2D eigenvalue weighted by molar-refractivity contribution is 0.270. The van der Waals surface area contributed by atoms with Crippen LogP contribution in [0, 0.1) is 5.41 Å². The predicted molar refractivity (Wildman–Crippen MR) is 77.2 cm³/mol. The van der Waals surface area contributed by atoms with E-state index in [2.05, 4.69) is 46.0 Å². The van der Waals surface area contributed by atoms with Crippen LogP contribution in [0.3, 0.4) is 0 Å². The maximum absolute atomic E-state index is 5.88. The fourth-order valence-corrected chi connectivity index (χ4v) is 2.52. The number of H-pyrrole nitrogens is 1. The van der Waals surface area contributed by atoms with Crippen LogP contribution in [0.5, 0.6) is 0 Å². The van der Waals surface area contributed by atoms with Gasteiger partial charge >= 0.3 is 0 Å². The number of piperidine rings is 1. The highest BCUT2D eigenvalue weighted by Gasteiger charge is 2.31. The molecule has 2 heterocycles. The van der Waals surface area contributed by atoms with Crippen molar-refractivity contribution in [3.8, 4) is 0 Å². The first-order chi connectivity index (χ1) is 9.02. The summed E-state index contributed by atoms with van der Waals surface area (Å²) < 4.78 is 0. The van der Waals surface area contributed by atoms with Crippen molar-refractivity contribution in [2.24, 2.45) is 11.1 Å². The number of nitrogens with one attached hydrogen (secondary N) is 1. The molecule has 108 valence electrons. The lowest BCUT2D eigenvalue weighted by atomic mass is 9.82. The number of nitrogens with two attached hydrogens (primary N) is 1. The van der Waals surface area contributed by atoms with Gasteiger partial charge in [-0.1, -0.05) is 6.92 Å². The largest absolute Gasteiger partial charge is 0.339 e. The summed E-state index contributed by atoms with van der Waals surface area (Å²) >= 11 is 0. The summed E-state index contributed by atoms with van der Waals surface area (Å²) in [6.07, 6.45) is 3.26. The van der Waals surface area contributed by atoms with E-state index in [4.69, 9.17) is 5.73 Å². The van der Waals surface area contributed by atoms with Crippen molar-refractivity contribution in [1.29, 1.82) is 0 Å². The van der Waals surface area contributed by atoms with E-state index in [9.17, 15) is 0 Å². The first kappa shape index (κ1) is 14.3. The molecule has 19 heavy (non-hydrogen) atoms. The minimum atomic E-state index is 0.197. The van der Waals surface area contributed by atoms with Crippen LogP contribution in [-0.2, 0) is 6.42 Å². The summed E-state index contributed by atoms with van der Waals surface area (Å²) in [6, 6.07) is 0. The number of aromatic nitrogens is 3. The number of likely N-dealkylation sites (N-methyl/N-ethyl adjacent to an activating group) is 1. The van der Waals surface area contributed by atoms with Crippen molar-refractivity contribution >= 4 is 5.95 Å². The number of hydrogen-bond donors (Lipinski definition) is 2. The highest BCUT2D eigenvalue weighted by atomic mass is 15.4. The second-order valence-electron chi connectivity index (χ2n) is 6.18. The van der Waals surface area contributed by atoms with Gasteiger partial charge in [0.25, 0.3) is 0 Å². The van der Waals surface area contributed by atoms with E-state index >= 15 is 0 Å². The Hall–Kier alpha value is -1.14. The number of anilines is 1. The molecule has 0 saturated carbocycles. The smallest absolute Gasteiger partial charge is 0.244 e. The van der Waals surface area contributed by atoms with Crippen LogP contribution in [-0.4, -0.2) is 60.4 Å². The first-order valence-electron chi connectivity index (χ1n) is 7.03. The van der Waals surface area contributed by atoms with Gasteiger partial charge in [-0.2, -0.15) is 4.98 Å². The van der Waals surface area contributed by atoms with Crippen molar-refractivity contribution < 1.29 is 0 Å². The fourth-order valence-electron chi connectivity index (χ4n) is 2.52. The van der Waals surface area contributed by atoms with Crippen molar-refractivity contribution in [3.05, 3.63) is 5.82 Å². The lowest BCUT2D eigenvalue weighted by Crippen LogP contribution is -2.46. The summed E-state index contributed by atoms with van der Waals surface area (Å²) in [7, 11) is 4.13. The highest BCUT2D eigenvalue weighted by molar-refractivity contribution is 5.30. The van der Waals surface area contributed by atoms with Crippen LogP contribution in [0.2, 0.25) is 0 Å². The minimum absolute atomic E-state index is 0.197. The number of rotatable bonds is 5. The molecule has 0 bridgehead atoms. The van der Waals surface area contributed by atoms with E-state index < -0.39 is 0 Å². The molecule has 0 spiro atoms. The molecule has 0 amide bonds. The van der Waals surface area contributed by atoms with Crippen molar-refractivity contribution in [1.82, 2.24) is 20.1 Å². The molecule has 1 aromatic heterocycles. The molecular formula is C13H26N6. The standard InChI is InChI=1S/C13H26N6/c1-13(9-14)6-4-7-19(10-13)12-15-11(16-17-12)5-8-18(2)3/h4-10,14H2,1-3H3,(H,15,16,17). The zero-order valence-corrected chi connectivity index (χ0v) is 12.3. The first-order valence-corrected chi connectivity index (χ1v) is 7.03. The molecule has 3 N–H and O–H groups in total. The SMILES string of the molecule is CN(C)CCc1nc(N2CCCC(C)(CN)C2)n[nH]1. The molecule has 1 fully saturated rings. The normalized spacial score (nSPS) is 24.2. The Balaban J connectivity index is 1.98. The summed E-state index contributed by atoms with van der Waals surface area (Å²) in [4.78, 5) is 9.00. The predicted octanol–water partition coefficient (Wildman–Crippen LogP) is 0.474. The van der Waals surface area contributed by atoms with Crippen LogP contribution >= 0.6 is 0 Å². The second kappa shape index (κ2) is 5.88. The van der Waals surface area contributed by atoms with Gasteiger partial charge in [-0.25, -0.2) is 0 Å². The molecule has 2 rings (SSSR count). The monoisotopic (exact) mass is 266 g/mol. The van der Waals surface area contributed by atoms with Gasteiger partial charge in [0.1, 0.15) is 5.82 Å². The van der Waals surface area contributed by atoms with Gasteiger partial charge in [0, 0.05) is 26.1 Å². The van der Waals surface area contributed by atoms with Gasteiger partial charge in [-0.3, -0.25) is 5.10 Å². The lowest BCUT2D eigenvalue weighted by Gasteiger charge is -2.39. The Labute approximate surface area is 115 Å². The Morgan fingerprint density at radius 2 is 2.26 bits per heavy atom. The third-order valence-electron chi connectivity index (χ3n) is 3.87. The Kier molecular flexibility index (Phi) is 4.42. The van der Waals surface area contributed by atoms with Gasteiger partial charge in [0.2, 0.25) is 5.95 Å². The molecule has 6 nitrogen and oxygen atoms in total. The van der Waals surface area contributed by atoms with E-state index in [1.807, 2.05) is 0 Å². The third-order valence-corrected chi connectivity index (χ3v) is 3.87. The molecule has 1 aliphatic rings. The molecule has 6 heteroatoms. The maximum Gasteiger partial charge on any atom is 0.244 e. The average Bonchev–Trinajstić information content (AvgIpc) is 2.85. The van der Waals surface area contributed by atoms with Crippen LogP contribution in [0.1, 0.15) is 25.6 Å². The molecular weight excluding hydrogens is 240 g/mol. The molecule has 0 radical (unpaired) electrons. The second-order valence-corrected chi connectivity index (χ2v) is 6.18. The minimum Gasteiger partial charge on any atom is -0.339 e. The van der Waals surface area contributed by atoms with Crippen molar-refractivity contribution in [3.63, 3.8) is 0 Å². The fraction of sp³-hybridized carbons (Fsp3) is 0.846. The van der Waals surface area contributed by atoms with Gasteiger partial charge in [-0.05, 0) is 38.9 Å². The molecule has 1 saturated heterocycles. The molecule has 1 aliphatic heterocycles. The summed E-state index contributed by atoms with van der Waals surface area (Å²) in [5.41, 5.74) is 6.08. The number of aromatic amines is 1. The Morgan fingerprint density at radius 3 is 2.95 bits per heavy atom. The molecule has 1 unspecified atom stereocenters. The van der Waals surface area contributed by atoms with Crippen LogP contribution < -0.4 is 10.6 Å². The van der Waals surface area contributed by atoms with E-state index in [1.165, 1.54) is 6.42 Å². The molecule has 0 aliphatic carbocycles. The Morgan fingerprint density at radius 1 is 1.47 bits per heavy atom. The summed E-state index contributed by atoms with van der Waals surface area (Å²) in [5, 5.41) is 7.39. The Bertz CT molecular complexity index is 402. The quantitative estimate of drug-likeness (QED) is 0.810. The van der Waals surface area contributed by atoms with Crippen LogP contribution in [0.25, 0.3) is 0 Å². The molecule has 1 aromatic rings. The summed E-state index contributed by atoms with van der Waals surface area (Å²) in [6.45, 7) is 5.93. The zero-order chi connectivity index (χ0) is 13.9. The molecule has 1 atom stereocenters. The van der Waals surface area contributed by atoms with Gasteiger partial charge in [-0.15, -0.1) is 5.10 Å². The maximum atomic E-state index is 5.88.